The van der Waals surface area contributed by atoms with E-state index in [1.807, 2.05) is 18.7 Å². The predicted molar refractivity (Wildman–Crippen MR) is 111 cm³/mol. The van der Waals surface area contributed by atoms with Crippen LogP contribution in [0.15, 0.2) is 37.1 Å². The van der Waals surface area contributed by atoms with Crippen molar-refractivity contribution in [3.8, 4) is 5.88 Å². The molecule has 1 aliphatic carbocycles. The first-order valence-electron chi connectivity index (χ1n) is 10.5. The lowest BCUT2D eigenvalue weighted by molar-refractivity contribution is 0.121. The number of ether oxygens (including phenoxy) is 2. The van der Waals surface area contributed by atoms with Gasteiger partial charge in [0.05, 0.1) is 30.4 Å². The highest BCUT2D eigenvalue weighted by Crippen LogP contribution is 2.34. The van der Waals surface area contributed by atoms with Crippen LogP contribution in [-0.2, 0) is 4.74 Å². The highest BCUT2D eigenvalue weighted by molar-refractivity contribution is 5.86. The zero-order chi connectivity index (χ0) is 19.6. The second kappa shape index (κ2) is 7.99. The number of aryl methyl sites for hydroxylation is 1. The summed E-state index contributed by atoms with van der Waals surface area (Å²) in [7, 11) is 0. The van der Waals surface area contributed by atoms with Crippen LogP contribution in [0.3, 0.4) is 0 Å². The molecule has 152 valence electrons. The maximum Gasteiger partial charge on any atom is 0.225 e. The summed E-state index contributed by atoms with van der Waals surface area (Å²) < 4.78 is 14.2. The Bertz CT molecular complexity index is 961. The summed E-state index contributed by atoms with van der Waals surface area (Å²) in [4.78, 5) is 16.0. The molecule has 0 amide bonds. The van der Waals surface area contributed by atoms with Crippen molar-refractivity contribution in [3.63, 3.8) is 0 Å². The quantitative estimate of drug-likeness (QED) is 0.676. The van der Waals surface area contributed by atoms with Crippen molar-refractivity contribution in [2.75, 3.05) is 31.2 Å². The number of morpholine rings is 1. The van der Waals surface area contributed by atoms with E-state index in [4.69, 9.17) is 14.5 Å². The number of rotatable bonds is 4. The molecule has 0 radical (unpaired) electrons. The summed E-state index contributed by atoms with van der Waals surface area (Å²) in [6.45, 7) is 5.22. The zero-order valence-corrected chi connectivity index (χ0v) is 16.8. The van der Waals surface area contributed by atoms with Gasteiger partial charge in [0.1, 0.15) is 11.9 Å². The van der Waals surface area contributed by atoms with E-state index in [1.165, 1.54) is 0 Å². The Morgan fingerprint density at radius 3 is 2.69 bits per heavy atom. The van der Waals surface area contributed by atoms with Gasteiger partial charge in [-0.25, -0.2) is 4.98 Å². The first-order chi connectivity index (χ1) is 14.3. The van der Waals surface area contributed by atoms with Gasteiger partial charge in [0.25, 0.3) is 0 Å². The normalized spacial score (nSPS) is 22.7. The Balaban J connectivity index is 1.38. The monoisotopic (exact) mass is 393 g/mol. The Morgan fingerprint density at radius 1 is 1.10 bits per heavy atom. The number of anilines is 1. The van der Waals surface area contributed by atoms with Crippen LogP contribution in [0.1, 0.15) is 37.3 Å². The molecule has 0 N–H and O–H groups in total. The Kier molecular flexibility index (Phi) is 5.06. The minimum absolute atomic E-state index is 0.186. The molecule has 0 bridgehead atoms. The Labute approximate surface area is 170 Å². The molecule has 2 fully saturated rings. The number of pyridine rings is 2. The van der Waals surface area contributed by atoms with Crippen LogP contribution < -0.4 is 9.64 Å². The van der Waals surface area contributed by atoms with Gasteiger partial charge in [0.15, 0.2) is 0 Å². The molecule has 0 atom stereocenters. The average molecular weight is 393 g/mol. The van der Waals surface area contributed by atoms with Crippen LogP contribution in [0.4, 0.5) is 5.82 Å². The number of nitrogens with zero attached hydrogens (tertiary/aromatic N) is 5. The molecule has 0 aromatic carbocycles. The molecule has 4 heterocycles. The Hall–Kier alpha value is -2.67. The lowest BCUT2D eigenvalue weighted by atomic mass is 9.93. The van der Waals surface area contributed by atoms with Gasteiger partial charge in [-0.3, -0.25) is 4.98 Å². The van der Waals surface area contributed by atoms with Crippen molar-refractivity contribution in [2.24, 2.45) is 0 Å². The van der Waals surface area contributed by atoms with E-state index >= 15 is 0 Å². The first kappa shape index (κ1) is 18.4. The Morgan fingerprint density at radius 2 is 1.93 bits per heavy atom. The molecular formula is C22H27N5O2. The van der Waals surface area contributed by atoms with Crippen LogP contribution in [0.5, 0.6) is 5.88 Å². The van der Waals surface area contributed by atoms with E-state index in [1.54, 1.807) is 0 Å². The van der Waals surface area contributed by atoms with Crippen molar-refractivity contribution >= 4 is 16.7 Å². The maximum atomic E-state index is 6.49. The number of fused-ring (bicyclic) bond motifs is 1. The topological polar surface area (TPSA) is 65.3 Å². The van der Waals surface area contributed by atoms with E-state index in [2.05, 4.69) is 44.7 Å². The number of hydrogen-bond donors (Lipinski definition) is 0. The number of imidazole rings is 1. The smallest absolute Gasteiger partial charge is 0.225 e. The van der Waals surface area contributed by atoms with E-state index in [9.17, 15) is 0 Å². The van der Waals surface area contributed by atoms with Crippen LogP contribution in [0.2, 0.25) is 0 Å². The minimum atomic E-state index is 0.186. The van der Waals surface area contributed by atoms with E-state index in [-0.39, 0.29) is 6.10 Å². The highest BCUT2D eigenvalue weighted by Gasteiger charge is 2.25. The molecule has 2 aliphatic rings. The summed E-state index contributed by atoms with van der Waals surface area (Å²) >= 11 is 0. The van der Waals surface area contributed by atoms with Crippen LogP contribution in [-0.4, -0.2) is 51.9 Å². The predicted octanol–water partition coefficient (Wildman–Crippen LogP) is 3.53. The van der Waals surface area contributed by atoms with E-state index in [0.29, 0.717) is 11.9 Å². The van der Waals surface area contributed by atoms with Gasteiger partial charge < -0.3 is 18.9 Å². The average Bonchev–Trinajstić information content (AvgIpc) is 3.30. The SMILES string of the molecule is Cc1cnc2cc(N3CCOCC3)nc(OC3CCC(n4ccnc4)CC3)c2c1. The highest BCUT2D eigenvalue weighted by atomic mass is 16.5. The third-order valence-electron chi connectivity index (χ3n) is 5.97. The summed E-state index contributed by atoms with van der Waals surface area (Å²) in [5, 5.41) is 0.999. The van der Waals surface area contributed by atoms with Crippen molar-refractivity contribution in [1.82, 2.24) is 19.5 Å². The summed E-state index contributed by atoms with van der Waals surface area (Å²) in [5.74, 6) is 1.64. The molecule has 0 unspecified atom stereocenters. The van der Waals surface area contributed by atoms with Crippen LogP contribution in [0.25, 0.3) is 10.9 Å². The maximum absolute atomic E-state index is 6.49. The van der Waals surface area contributed by atoms with Crippen LogP contribution >= 0.6 is 0 Å². The van der Waals surface area contributed by atoms with Gasteiger partial charge >= 0.3 is 0 Å². The molecule has 29 heavy (non-hydrogen) atoms. The molecule has 7 nitrogen and oxygen atoms in total. The molecule has 0 spiro atoms. The van der Waals surface area contributed by atoms with Gasteiger partial charge in [-0.1, -0.05) is 0 Å². The molecule has 5 rings (SSSR count). The van der Waals surface area contributed by atoms with Gasteiger partial charge in [0, 0.05) is 43.8 Å². The third-order valence-corrected chi connectivity index (χ3v) is 5.97. The second-order valence-electron chi connectivity index (χ2n) is 8.02. The fraction of sp³-hybridized carbons (Fsp3) is 0.500. The molecule has 3 aromatic rings. The molecule has 1 aliphatic heterocycles. The lowest BCUT2D eigenvalue weighted by Crippen LogP contribution is -2.36. The summed E-state index contributed by atoms with van der Waals surface area (Å²) in [5.41, 5.74) is 2.06. The number of hydrogen-bond acceptors (Lipinski definition) is 6. The first-order valence-corrected chi connectivity index (χ1v) is 10.5. The number of aromatic nitrogens is 4. The third kappa shape index (κ3) is 3.92. The van der Waals surface area contributed by atoms with Gasteiger partial charge in [-0.15, -0.1) is 0 Å². The lowest BCUT2D eigenvalue weighted by Gasteiger charge is -2.31. The fourth-order valence-electron chi connectivity index (χ4n) is 4.33. The summed E-state index contributed by atoms with van der Waals surface area (Å²) in [6.07, 6.45) is 12.2. The standard InChI is InChI=1S/C22H27N5O2/c1-16-12-19-20(24-14-16)13-21(26-8-10-28-11-9-26)25-22(19)29-18-4-2-17(3-5-18)27-7-6-23-15-27/h6-7,12-15,17-18H,2-5,8-11H2,1H3. The molecule has 1 saturated carbocycles. The fourth-order valence-corrected chi connectivity index (χ4v) is 4.33. The molecule has 1 saturated heterocycles. The van der Waals surface area contributed by atoms with Crippen molar-refractivity contribution in [2.45, 2.75) is 44.8 Å². The van der Waals surface area contributed by atoms with E-state index < -0.39 is 0 Å². The largest absolute Gasteiger partial charge is 0.474 e. The van der Waals surface area contributed by atoms with Crippen molar-refractivity contribution in [3.05, 3.63) is 42.6 Å². The van der Waals surface area contributed by atoms with E-state index in [0.717, 1.165) is 74.3 Å². The van der Waals surface area contributed by atoms with Gasteiger partial charge in [-0.2, -0.15) is 4.98 Å². The second-order valence-corrected chi connectivity index (χ2v) is 8.02. The van der Waals surface area contributed by atoms with Gasteiger partial charge in [0.2, 0.25) is 5.88 Å². The zero-order valence-electron chi connectivity index (χ0n) is 16.8. The van der Waals surface area contributed by atoms with Crippen LogP contribution in [0, 0.1) is 6.92 Å². The molecule has 3 aromatic heterocycles. The summed E-state index contributed by atoms with van der Waals surface area (Å²) in [6, 6.07) is 4.72. The van der Waals surface area contributed by atoms with Gasteiger partial charge in [-0.05, 0) is 44.2 Å². The van der Waals surface area contributed by atoms with Crippen molar-refractivity contribution < 1.29 is 9.47 Å². The van der Waals surface area contributed by atoms with Crippen molar-refractivity contribution in [1.29, 1.82) is 0 Å². The molecular weight excluding hydrogens is 366 g/mol. The minimum Gasteiger partial charge on any atom is -0.474 e. The molecule has 7 heteroatoms.